The molecule has 0 saturated carbocycles. The molecule has 1 aliphatic heterocycles. The van der Waals surface area contributed by atoms with Gasteiger partial charge in [-0.15, -0.1) is 0 Å². The first-order valence-corrected chi connectivity index (χ1v) is 9.64. The quantitative estimate of drug-likeness (QED) is 0.850. The van der Waals surface area contributed by atoms with Crippen molar-refractivity contribution < 1.29 is 4.79 Å². The summed E-state index contributed by atoms with van der Waals surface area (Å²) < 4.78 is 0. The van der Waals surface area contributed by atoms with E-state index in [2.05, 4.69) is 34.3 Å². The van der Waals surface area contributed by atoms with Crippen LogP contribution in [-0.2, 0) is 0 Å². The molecule has 1 aliphatic rings. The topological polar surface area (TPSA) is 38.8 Å². The minimum Gasteiger partial charge on any atom is -0.369 e. The maximum atomic E-state index is 12.6. The van der Waals surface area contributed by atoms with Gasteiger partial charge in [-0.3, -0.25) is 0 Å². The van der Waals surface area contributed by atoms with E-state index in [1.165, 1.54) is 5.69 Å². The smallest absolute Gasteiger partial charge is 0.322 e. The molecule has 0 aliphatic carbocycles. The largest absolute Gasteiger partial charge is 0.369 e. The van der Waals surface area contributed by atoms with E-state index in [4.69, 9.17) is 11.6 Å². The molecule has 2 aromatic carbocycles. The predicted molar refractivity (Wildman–Crippen MR) is 113 cm³/mol. The second kappa shape index (κ2) is 8.63. The summed E-state index contributed by atoms with van der Waals surface area (Å²) in [5.41, 5.74) is 3.04. The van der Waals surface area contributed by atoms with E-state index >= 15 is 0 Å². The minimum atomic E-state index is -0.134. The number of rotatable bonds is 4. The second-order valence-electron chi connectivity index (χ2n) is 7.11. The molecule has 1 fully saturated rings. The molecule has 6 heteroatoms. The first kappa shape index (κ1) is 19.5. The van der Waals surface area contributed by atoms with Gasteiger partial charge in [-0.2, -0.15) is 0 Å². The highest BCUT2D eigenvalue weighted by atomic mass is 35.5. The Kier molecular flexibility index (Phi) is 6.24. The summed E-state index contributed by atoms with van der Waals surface area (Å²) in [5.74, 6) is 0. The molecule has 0 spiro atoms. The molecule has 0 bridgehead atoms. The van der Waals surface area contributed by atoms with Crippen LogP contribution in [0.1, 0.15) is 18.5 Å². The minimum absolute atomic E-state index is 0.0492. The van der Waals surface area contributed by atoms with Crippen molar-refractivity contribution in [1.82, 2.24) is 9.80 Å². The van der Waals surface area contributed by atoms with Crippen LogP contribution in [-0.4, -0.2) is 56.1 Å². The number of nitrogens with zero attached hydrogens (tertiary/aromatic N) is 3. The zero-order valence-electron chi connectivity index (χ0n) is 16.2. The molecule has 1 atom stereocenters. The van der Waals surface area contributed by atoms with E-state index < -0.39 is 0 Å². The lowest BCUT2D eigenvalue weighted by molar-refractivity contribution is 0.208. The Bertz CT molecular complexity index is 755. The molecule has 5 nitrogen and oxygen atoms in total. The molecule has 1 N–H and O–H groups in total. The number of likely N-dealkylation sites (N-methyl/N-ethyl adjacent to an activating group) is 1. The second-order valence-corrected chi connectivity index (χ2v) is 7.54. The van der Waals surface area contributed by atoms with Crippen molar-refractivity contribution in [2.24, 2.45) is 0 Å². The summed E-state index contributed by atoms with van der Waals surface area (Å²) in [6, 6.07) is 15.5. The van der Waals surface area contributed by atoms with Crippen LogP contribution in [0.15, 0.2) is 48.5 Å². The number of urea groups is 1. The van der Waals surface area contributed by atoms with Crippen LogP contribution in [0, 0.1) is 0 Å². The zero-order valence-corrected chi connectivity index (χ0v) is 16.9. The number of carbonyl (C=O) groups is 1. The molecule has 144 valence electrons. The maximum absolute atomic E-state index is 12.6. The van der Waals surface area contributed by atoms with E-state index in [-0.39, 0.29) is 12.1 Å². The van der Waals surface area contributed by atoms with E-state index in [0.717, 1.165) is 37.4 Å². The van der Waals surface area contributed by atoms with E-state index in [9.17, 15) is 4.79 Å². The molecular formula is C21H27ClN4O. The Morgan fingerprint density at radius 2 is 1.63 bits per heavy atom. The van der Waals surface area contributed by atoms with Crippen LogP contribution in [0.2, 0.25) is 5.02 Å². The van der Waals surface area contributed by atoms with Crippen molar-refractivity contribution in [3.8, 4) is 0 Å². The van der Waals surface area contributed by atoms with Crippen molar-refractivity contribution in [2.75, 3.05) is 50.5 Å². The number of benzene rings is 2. The lowest BCUT2D eigenvalue weighted by atomic mass is 10.1. The van der Waals surface area contributed by atoms with E-state index in [0.29, 0.717) is 5.02 Å². The third-order valence-corrected chi connectivity index (χ3v) is 5.49. The Hall–Kier alpha value is -2.24. The number of nitrogens with one attached hydrogen (secondary N) is 1. The number of carbonyl (C=O) groups excluding carboxylic acids is 1. The predicted octanol–water partition coefficient (Wildman–Crippen LogP) is 4.32. The summed E-state index contributed by atoms with van der Waals surface area (Å²) in [6.45, 7) is 6.21. The van der Waals surface area contributed by atoms with E-state index in [1.54, 1.807) is 11.9 Å². The molecule has 1 saturated heterocycles. The van der Waals surface area contributed by atoms with Gasteiger partial charge in [0.15, 0.2) is 0 Å². The molecule has 2 amide bonds. The fourth-order valence-corrected chi connectivity index (χ4v) is 3.30. The highest BCUT2D eigenvalue weighted by Crippen LogP contribution is 2.23. The SMILES string of the molecule is C[C@H](c1ccc(Cl)cc1)N(C)C(=O)Nc1ccc(N2CCN(C)CC2)cc1. The number of piperazine rings is 1. The highest BCUT2D eigenvalue weighted by Gasteiger charge is 2.18. The number of anilines is 2. The van der Waals surface area contributed by atoms with Gasteiger partial charge in [-0.25, -0.2) is 4.79 Å². The molecule has 0 unspecified atom stereocenters. The first-order chi connectivity index (χ1) is 12.9. The Morgan fingerprint density at radius 3 is 2.22 bits per heavy atom. The molecule has 0 radical (unpaired) electrons. The third kappa shape index (κ3) is 4.93. The van der Waals surface area contributed by atoms with Crippen LogP contribution < -0.4 is 10.2 Å². The number of halogens is 1. The van der Waals surface area contributed by atoms with Gasteiger partial charge in [0.2, 0.25) is 0 Å². The average Bonchev–Trinajstić information content (AvgIpc) is 2.68. The lowest BCUT2D eigenvalue weighted by Gasteiger charge is -2.34. The van der Waals surface area contributed by atoms with Crippen molar-refractivity contribution in [3.05, 3.63) is 59.1 Å². The monoisotopic (exact) mass is 386 g/mol. The van der Waals surface area contributed by atoms with Crippen LogP contribution in [0.3, 0.4) is 0 Å². The van der Waals surface area contributed by atoms with Crippen LogP contribution in [0.5, 0.6) is 0 Å². The summed E-state index contributed by atoms with van der Waals surface area (Å²) in [5, 5.41) is 3.67. The van der Waals surface area contributed by atoms with Gasteiger partial charge in [0.25, 0.3) is 0 Å². The molecular weight excluding hydrogens is 360 g/mol. The maximum Gasteiger partial charge on any atom is 0.322 e. The summed E-state index contributed by atoms with van der Waals surface area (Å²) in [7, 11) is 3.95. The molecule has 1 heterocycles. The van der Waals surface area contributed by atoms with Crippen molar-refractivity contribution in [3.63, 3.8) is 0 Å². The van der Waals surface area contributed by atoms with Gasteiger partial charge in [-0.05, 0) is 55.9 Å². The molecule has 0 aromatic heterocycles. The molecule has 2 aromatic rings. The standard InChI is InChI=1S/C21H27ClN4O/c1-16(17-4-6-18(22)7-5-17)25(3)21(27)23-19-8-10-20(11-9-19)26-14-12-24(2)13-15-26/h4-11,16H,12-15H2,1-3H3,(H,23,27)/t16-/m1/s1. The zero-order chi connectivity index (χ0) is 19.4. The van der Waals surface area contributed by atoms with Crippen molar-refractivity contribution >= 4 is 29.0 Å². The number of hydrogen-bond acceptors (Lipinski definition) is 3. The van der Waals surface area contributed by atoms with Gasteiger partial charge in [-0.1, -0.05) is 23.7 Å². The summed E-state index contributed by atoms with van der Waals surface area (Å²) >= 11 is 5.94. The third-order valence-electron chi connectivity index (χ3n) is 5.24. The van der Waals surface area contributed by atoms with Gasteiger partial charge < -0.3 is 20.0 Å². The van der Waals surface area contributed by atoms with Crippen LogP contribution in [0.4, 0.5) is 16.2 Å². The highest BCUT2D eigenvalue weighted by molar-refractivity contribution is 6.30. The van der Waals surface area contributed by atoms with Gasteiger partial charge in [0.1, 0.15) is 0 Å². The van der Waals surface area contributed by atoms with Crippen LogP contribution >= 0.6 is 11.6 Å². The normalized spacial score (nSPS) is 16.1. The van der Waals surface area contributed by atoms with Gasteiger partial charge in [0.05, 0.1) is 6.04 Å². The Balaban J connectivity index is 1.59. The summed E-state index contributed by atoms with van der Waals surface area (Å²) in [4.78, 5) is 19.0. The van der Waals surface area contributed by atoms with Gasteiger partial charge >= 0.3 is 6.03 Å². The Labute approximate surface area is 166 Å². The van der Waals surface area contributed by atoms with Crippen molar-refractivity contribution in [1.29, 1.82) is 0 Å². The van der Waals surface area contributed by atoms with Crippen molar-refractivity contribution in [2.45, 2.75) is 13.0 Å². The fraction of sp³-hybridized carbons (Fsp3) is 0.381. The fourth-order valence-electron chi connectivity index (χ4n) is 3.17. The number of amides is 2. The number of hydrogen-bond donors (Lipinski definition) is 1. The van der Waals surface area contributed by atoms with Crippen LogP contribution in [0.25, 0.3) is 0 Å². The first-order valence-electron chi connectivity index (χ1n) is 9.27. The summed E-state index contributed by atoms with van der Waals surface area (Å²) in [6.07, 6.45) is 0. The van der Waals surface area contributed by atoms with E-state index in [1.807, 2.05) is 43.3 Å². The van der Waals surface area contributed by atoms with Gasteiger partial charge in [0, 0.05) is 49.6 Å². The molecule has 3 rings (SSSR count). The Morgan fingerprint density at radius 1 is 1.04 bits per heavy atom. The average molecular weight is 387 g/mol. The molecule has 27 heavy (non-hydrogen) atoms. The lowest BCUT2D eigenvalue weighted by Crippen LogP contribution is -2.44.